The van der Waals surface area contributed by atoms with E-state index in [1.165, 1.54) is 18.2 Å². The minimum absolute atomic E-state index is 0.217. The molecule has 0 saturated heterocycles. The summed E-state index contributed by atoms with van der Waals surface area (Å²) in [4.78, 5) is 64.8. The van der Waals surface area contributed by atoms with Gasteiger partial charge in [0.2, 0.25) is 5.91 Å². The van der Waals surface area contributed by atoms with Crippen LogP contribution in [0.5, 0.6) is 5.75 Å². The predicted octanol–water partition coefficient (Wildman–Crippen LogP) is 0.949. The van der Waals surface area contributed by atoms with Crippen molar-refractivity contribution in [2.75, 3.05) is 0 Å². The highest BCUT2D eigenvalue weighted by Crippen LogP contribution is 2.54. The van der Waals surface area contributed by atoms with E-state index >= 15 is 0 Å². The molecule has 0 aliphatic heterocycles. The Balaban J connectivity index is 1.76. The van der Waals surface area contributed by atoms with Crippen molar-refractivity contribution in [2.45, 2.75) is 18.1 Å². The summed E-state index contributed by atoms with van der Waals surface area (Å²) in [6.07, 6.45) is -0.830. The number of aliphatic hydroxyl groups is 2. The molecule has 5 rings (SSSR count). The van der Waals surface area contributed by atoms with E-state index in [2.05, 4.69) is 0 Å². The van der Waals surface area contributed by atoms with Crippen molar-refractivity contribution >= 4 is 52.3 Å². The van der Waals surface area contributed by atoms with Crippen LogP contribution in [0.25, 0.3) is 11.6 Å². The van der Waals surface area contributed by atoms with Crippen molar-refractivity contribution in [1.29, 1.82) is 0 Å². The lowest BCUT2D eigenvalue weighted by Crippen LogP contribution is -2.72. The van der Waals surface area contributed by atoms with Gasteiger partial charge in [0, 0.05) is 23.3 Å². The molecule has 2 aromatic rings. The molecule has 0 aromatic heterocycles. The Labute approximate surface area is 209 Å². The van der Waals surface area contributed by atoms with Gasteiger partial charge >= 0.3 is 0 Å². The van der Waals surface area contributed by atoms with Gasteiger partial charge in [0.15, 0.2) is 34.7 Å². The topological polar surface area (TPSA) is 172 Å². The maximum atomic E-state index is 13.7. The minimum Gasteiger partial charge on any atom is -0.507 e. The molecule has 36 heavy (non-hydrogen) atoms. The highest BCUT2D eigenvalue weighted by atomic mass is 35.5. The van der Waals surface area contributed by atoms with Crippen molar-refractivity contribution in [3.63, 3.8) is 0 Å². The van der Waals surface area contributed by atoms with Gasteiger partial charge in [-0.2, -0.15) is 0 Å². The standard InChI is InChI=1S/C26H20ClNO8/c27-14-6-2-1-4-10(14)8-12-11-5-3-7-15(29)17(11)22(32)20-18(12)21(31)13-9-16(30)19(25(28)35)23(33)26(13,36)24(20)34/h1-8,13,18-21,29,31,36H,9H2,(H2,28,35)/b12-8+. The van der Waals surface area contributed by atoms with Gasteiger partial charge in [0.25, 0.3) is 0 Å². The van der Waals surface area contributed by atoms with Crippen LogP contribution in [0, 0.1) is 23.7 Å². The molecule has 3 aliphatic carbocycles. The number of hydrogen-bond donors (Lipinski definition) is 4. The van der Waals surface area contributed by atoms with Gasteiger partial charge in [-0.25, -0.2) is 0 Å². The molecule has 9 nitrogen and oxygen atoms in total. The molecule has 2 saturated carbocycles. The van der Waals surface area contributed by atoms with E-state index in [0.29, 0.717) is 10.6 Å². The monoisotopic (exact) mass is 509 g/mol. The summed E-state index contributed by atoms with van der Waals surface area (Å²) in [7, 11) is 0. The fraction of sp³-hybridized carbons (Fsp3) is 0.269. The van der Waals surface area contributed by atoms with Crippen LogP contribution in [0.1, 0.15) is 27.9 Å². The van der Waals surface area contributed by atoms with Crippen molar-refractivity contribution in [3.8, 4) is 5.75 Å². The van der Waals surface area contributed by atoms with Crippen LogP contribution in [-0.4, -0.2) is 56.1 Å². The molecule has 1 amide bonds. The lowest BCUT2D eigenvalue weighted by Gasteiger charge is -2.51. The van der Waals surface area contributed by atoms with Crippen LogP contribution >= 0.6 is 11.6 Å². The third-order valence-electron chi connectivity index (χ3n) is 7.46. The number of aliphatic hydroxyl groups excluding tert-OH is 1. The second-order valence-electron chi connectivity index (χ2n) is 9.29. The van der Waals surface area contributed by atoms with Gasteiger partial charge in [0.1, 0.15) is 5.75 Å². The molecule has 5 N–H and O–H groups in total. The number of benzene rings is 2. The molecule has 184 valence electrons. The zero-order valence-electron chi connectivity index (χ0n) is 18.6. The Kier molecular flexibility index (Phi) is 5.47. The maximum absolute atomic E-state index is 13.7. The summed E-state index contributed by atoms with van der Waals surface area (Å²) in [5, 5.41) is 33.7. The number of amides is 1. The van der Waals surface area contributed by atoms with E-state index in [4.69, 9.17) is 17.3 Å². The largest absolute Gasteiger partial charge is 0.507 e. The number of primary amides is 1. The van der Waals surface area contributed by atoms with Crippen LogP contribution in [0.4, 0.5) is 0 Å². The van der Waals surface area contributed by atoms with E-state index < -0.39 is 76.6 Å². The van der Waals surface area contributed by atoms with Gasteiger partial charge in [-0.05, 0) is 34.9 Å². The van der Waals surface area contributed by atoms with E-state index in [0.717, 1.165) is 0 Å². The van der Waals surface area contributed by atoms with Gasteiger partial charge in [-0.15, -0.1) is 0 Å². The molecule has 0 radical (unpaired) electrons. The molecule has 6 unspecified atom stereocenters. The number of carbonyl (C=O) groups excluding carboxylic acids is 5. The van der Waals surface area contributed by atoms with E-state index in [-0.39, 0.29) is 16.7 Å². The number of phenolic OH excluding ortho intramolecular Hbond substituents is 1. The second-order valence-corrected chi connectivity index (χ2v) is 9.69. The SMILES string of the molecule is NC(=O)C1C(=O)CC2C(O)C3/C(=C/c4ccccc4Cl)c4cccc(O)c4C(=O)C3C(=O)C2(O)C1=O. The van der Waals surface area contributed by atoms with Crippen LogP contribution in [0.15, 0.2) is 42.5 Å². The molecule has 0 spiro atoms. The first kappa shape index (κ1) is 24.1. The number of aromatic hydroxyl groups is 1. The Morgan fingerprint density at radius 2 is 1.75 bits per heavy atom. The zero-order chi connectivity index (χ0) is 26.1. The van der Waals surface area contributed by atoms with Gasteiger partial charge < -0.3 is 21.1 Å². The molecule has 3 aliphatic rings. The van der Waals surface area contributed by atoms with Gasteiger partial charge in [-0.1, -0.05) is 41.9 Å². The second kappa shape index (κ2) is 8.19. The van der Waals surface area contributed by atoms with Gasteiger partial charge in [0.05, 0.1) is 17.6 Å². The average molecular weight is 510 g/mol. The number of carbonyl (C=O) groups is 5. The minimum atomic E-state index is -2.98. The summed E-state index contributed by atoms with van der Waals surface area (Å²) in [6.45, 7) is 0. The van der Waals surface area contributed by atoms with Crippen LogP contribution in [0.3, 0.4) is 0 Å². The quantitative estimate of drug-likeness (QED) is 0.433. The van der Waals surface area contributed by atoms with Crippen molar-refractivity contribution in [1.82, 2.24) is 0 Å². The fourth-order valence-electron chi connectivity index (χ4n) is 5.79. The predicted molar refractivity (Wildman–Crippen MR) is 126 cm³/mol. The Morgan fingerprint density at radius 1 is 1.06 bits per heavy atom. The normalized spacial score (nSPS) is 32.6. The van der Waals surface area contributed by atoms with Gasteiger partial charge in [-0.3, -0.25) is 24.0 Å². The van der Waals surface area contributed by atoms with E-state index in [9.17, 15) is 39.3 Å². The third kappa shape index (κ3) is 3.13. The number of fused-ring (bicyclic) bond motifs is 3. The molecule has 10 heteroatoms. The first-order valence-corrected chi connectivity index (χ1v) is 11.5. The van der Waals surface area contributed by atoms with Crippen molar-refractivity contribution in [2.24, 2.45) is 29.4 Å². The molecule has 0 heterocycles. The van der Waals surface area contributed by atoms with E-state index in [1.807, 2.05) is 0 Å². The molecule has 6 atom stereocenters. The number of hydrogen-bond acceptors (Lipinski definition) is 8. The fourth-order valence-corrected chi connectivity index (χ4v) is 5.98. The van der Waals surface area contributed by atoms with Crippen molar-refractivity contribution in [3.05, 3.63) is 64.2 Å². The number of rotatable bonds is 2. The lowest BCUT2D eigenvalue weighted by atomic mass is 9.51. The van der Waals surface area contributed by atoms with Crippen LogP contribution < -0.4 is 5.73 Å². The zero-order valence-corrected chi connectivity index (χ0v) is 19.3. The molecular formula is C26H20ClNO8. The summed E-state index contributed by atoms with van der Waals surface area (Å²) in [5.74, 6) is -13.0. The lowest BCUT2D eigenvalue weighted by molar-refractivity contribution is -0.185. The summed E-state index contributed by atoms with van der Waals surface area (Å²) in [6, 6.07) is 11.0. The number of phenols is 1. The number of ketones is 4. The molecule has 2 aromatic carbocycles. The highest BCUT2D eigenvalue weighted by molar-refractivity contribution is 6.33. The van der Waals surface area contributed by atoms with Crippen LogP contribution in [0.2, 0.25) is 5.02 Å². The third-order valence-corrected chi connectivity index (χ3v) is 7.80. The molecule has 0 bridgehead atoms. The Hall–Kier alpha value is -3.66. The summed E-state index contributed by atoms with van der Waals surface area (Å²) >= 11 is 6.32. The Morgan fingerprint density at radius 3 is 2.42 bits per heavy atom. The van der Waals surface area contributed by atoms with E-state index in [1.54, 1.807) is 30.3 Å². The first-order chi connectivity index (χ1) is 17.0. The number of Topliss-reactive ketones (excluding diaryl/α,β-unsaturated/α-hetero) is 4. The van der Waals surface area contributed by atoms with Crippen molar-refractivity contribution < 1.29 is 39.3 Å². The summed E-state index contributed by atoms with van der Waals surface area (Å²) < 4.78 is 0. The maximum Gasteiger partial charge on any atom is 0.235 e. The smallest absolute Gasteiger partial charge is 0.235 e. The first-order valence-electron chi connectivity index (χ1n) is 11.1. The summed E-state index contributed by atoms with van der Waals surface area (Å²) in [5.41, 5.74) is 2.97. The highest BCUT2D eigenvalue weighted by Gasteiger charge is 2.69. The molecular weight excluding hydrogens is 490 g/mol. The number of nitrogens with two attached hydrogens (primary N) is 1. The van der Waals surface area contributed by atoms with Crippen LogP contribution in [-0.2, 0) is 19.2 Å². The number of halogens is 1. The molecule has 2 fully saturated rings. The Bertz CT molecular complexity index is 1410. The average Bonchev–Trinajstić information content (AvgIpc) is 2.82.